The Kier molecular flexibility index (Phi) is 17.7. The number of unbranched alkanes of at least 4 members (excludes halogenated alkanes) is 9. The van der Waals surface area contributed by atoms with E-state index in [9.17, 15) is 9.59 Å². The third-order valence-electron chi connectivity index (χ3n) is 4.23. The summed E-state index contributed by atoms with van der Waals surface area (Å²) in [7, 11) is 0. The van der Waals surface area contributed by atoms with Gasteiger partial charge in [-0.25, -0.2) is 0 Å². The van der Waals surface area contributed by atoms with Crippen LogP contribution >= 0.6 is 0 Å². The number of aliphatic hydroxyl groups is 2. The van der Waals surface area contributed by atoms with Gasteiger partial charge >= 0.3 is 5.97 Å². The summed E-state index contributed by atoms with van der Waals surface area (Å²) in [5, 5.41) is 17.7. The Morgan fingerprint density at radius 2 is 1.54 bits per heavy atom. The van der Waals surface area contributed by atoms with Gasteiger partial charge in [-0.15, -0.1) is 0 Å². The molecule has 0 heterocycles. The molecule has 0 aromatic carbocycles. The summed E-state index contributed by atoms with van der Waals surface area (Å²) in [5.41, 5.74) is 0. The van der Waals surface area contributed by atoms with Crippen LogP contribution in [-0.2, 0) is 14.3 Å². The van der Waals surface area contributed by atoms with Crippen LogP contribution in [0.5, 0.6) is 0 Å². The van der Waals surface area contributed by atoms with E-state index < -0.39 is 12.7 Å². The highest BCUT2D eigenvalue weighted by molar-refractivity contribution is 5.89. The lowest BCUT2D eigenvalue weighted by atomic mass is 10.1. The van der Waals surface area contributed by atoms with E-state index in [2.05, 4.69) is 6.92 Å². The molecule has 0 aliphatic carbocycles. The van der Waals surface area contributed by atoms with Gasteiger partial charge in [-0.3, -0.25) is 9.59 Å². The zero-order valence-corrected chi connectivity index (χ0v) is 16.5. The summed E-state index contributed by atoms with van der Waals surface area (Å²) < 4.78 is 4.83. The molecule has 0 aliphatic rings. The summed E-state index contributed by atoms with van der Waals surface area (Å²) >= 11 is 0. The summed E-state index contributed by atoms with van der Waals surface area (Å²) in [4.78, 5) is 23.1. The molecule has 0 aromatic rings. The second-order valence-electron chi connectivity index (χ2n) is 6.86. The lowest BCUT2D eigenvalue weighted by Crippen LogP contribution is -2.21. The number of ketones is 1. The lowest BCUT2D eigenvalue weighted by Gasteiger charge is -2.08. The molecule has 5 nitrogen and oxygen atoms in total. The van der Waals surface area contributed by atoms with Crippen LogP contribution in [0.25, 0.3) is 0 Å². The van der Waals surface area contributed by atoms with E-state index in [1.165, 1.54) is 25.7 Å². The van der Waals surface area contributed by atoms with Crippen LogP contribution in [0, 0.1) is 0 Å². The SMILES string of the molecule is CCCCCCCCC(=O)/C=C/CCCCCCC(=O)OCC(O)CO. The fourth-order valence-corrected chi connectivity index (χ4v) is 2.58. The van der Waals surface area contributed by atoms with Crippen molar-refractivity contribution in [1.29, 1.82) is 0 Å². The minimum atomic E-state index is -0.991. The molecule has 152 valence electrons. The van der Waals surface area contributed by atoms with Crippen molar-refractivity contribution in [3.05, 3.63) is 12.2 Å². The van der Waals surface area contributed by atoms with Crippen LogP contribution in [0.1, 0.15) is 90.4 Å². The Hall–Kier alpha value is -1.20. The first-order chi connectivity index (χ1) is 12.6. The number of rotatable bonds is 18. The summed E-state index contributed by atoms with van der Waals surface area (Å²) in [6.07, 6.45) is 15.5. The van der Waals surface area contributed by atoms with Gasteiger partial charge in [-0.1, -0.05) is 57.9 Å². The fraction of sp³-hybridized carbons (Fsp3) is 0.810. The van der Waals surface area contributed by atoms with Crippen molar-refractivity contribution in [3.63, 3.8) is 0 Å². The Morgan fingerprint density at radius 1 is 0.923 bits per heavy atom. The smallest absolute Gasteiger partial charge is 0.305 e. The molecular formula is C21H38O5. The third kappa shape index (κ3) is 17.6. The van der Waals surface area contributed by atoms with Crippen molar-refractivity contribution in [2.24, 2.45) is 0 Å². The van der Waals surface area contributed by atoms with Crippen molar-refractivity contribution in [1.82, 2.24) is 0 Å². The number of ether oxygens (including phenoxy) is 1. The zero-order chi connectivity index (χ0) is 19.5. The van der Waals surface area contributed by atoms with Gasteiger partial charge in [0.15, 0.2) is 5.78 Å². The molecule has 1 atom stereocenters. The monoisotopic (exact) mass is 370 g/mol. The van der Waals surface area contributed by atoms with Crippen LogP contribution in [0.15, 0.2) is 12.2 Å². The van der Waals surface area contributed by atoms with Crippen molar-refractivity contribution in [2.45, 2.75) is 96.5 Å². The third-order valence-corrected chi connectivity index (χ3v) is 4.23. The number of allylic oxidation sites excluding steroid dienone is 2. The average molecular weight is 371 g/mol. The lowest BCUT2D eigenvalue weighted by molar-refractivity contribution is -0.147. The van der Waals surface area contributed by atoms with Crippen molar-refractivity contribution in [2.75, 3.05) is 13.2 Å². The van der Waals surface area contributed by atoms with E-state index in [1.54, 1.807) is 6.08 Å². The second kappa shape index (κ2) is 18.6. The maximum absolute atomic E-state index is 11.7. The highest BCUT2D eigenvalue weighted by Gasteiger charge is 2.07. The molecule has 0 amide bonds. The molecule has 0 spiro atoms. The predicted octanol–water partition coefficient (Wildman–Crippen LogP) is 4.10. The van der Waals surface area contributed by atoms with E-state index in [1.807, 2.05) is 6.08 Å². The summed E-state index contributed by atoms with van der Waals surface area (Å²) in [6.45, 7) is 1.66. The number of aliphatic hydroxyl groups excluding tert-OH is 2. The Bertz CT molecular complexity index is 379. The minimum absolute atomic E-state index is 0.146. The molecule has 5 heteroatoms. The first-order valence-electron chi connectivity index (χ1n) is 10.2. The molecule has 1 unspecified atom stereocenters. The first kappa shape index (κ1) is 24.8. The predicted molar refractivity (Wildman–Crippen MR) is 104 cm³/mol. The van der Waals surface area contributed by atoms with Crippen LogP contribution in [0.2, 0.25) is 0 Å². The number of hydrogen-bond acceptors (Lipinski definition) is 5. The van der Waals surface area contributed by atoms with Gasteiger partial charge in [0.1, 0.15) is 12.7 Å². The summed E-state index contributed by atoms with van der Waals surface area (Å²) in [6, 6.07) is 0. The standard InChI is InChI=1S/C21H38O5/c1-2-3-4-5-8-11-14-19(23)15-12-9-6-7-10-13-16-21(25)26-18-20(24)17-22/h12,15,20,22,24H,2-11,13-14,16-18H2,1H3/b15-12+. The van der Waals surface area contributed by atoms with Crippen LogP contribution in [0.4, 0.5) is 0 Å². The molecule has 0 fully saturated rings. The number of esters is 1. The molecule has 0 saturated carbocycles. The van der Waals surface area contributed by atoms with Gasteiger partial charge in [-0.05, 0) is 31.8 Å². The maximum Gasteiger partial charge on any atom is 0.305 e. The van der Waals surface area contributed by atoms with E-state index in [0.29, 0.717) is 12.8 Å². The largest absolute Gasteiger partial charge is 0.463 e. The average Bonchev–Trinajstić information content (AvgIpc) is 2.64. The molecule has 0 radical (unpaired) electrons. The Labute approximate surface area is 158 Å². The van der Waals surface area contributed by atoms with Crippen molar-refractivity contribution >= 4 is 11.8 Å². The number of carbonyl (C=O) groups excluding carboxylic acids is 2. The second-order valence-corrected chi connectivity index (χ2v) is 6.86. The minimum Gasteiger partial charge on any atom is -0.463 e. The number of hydrogen-bond donors (Lipinski definition) is 2. The van der Waals surface area contributed by atoms with Crippen molar-refractivity contribution in [3.8, 4) is 0 Å². The van der Waals surface area contributed by atoms with Crippen molar-refractivity contribution < 1.29 is 24.5 Å². The topological polar surface area (TPSA) is 83.8 Å². The molecular weight excluding hydrogens is 332 g/mol. The normalized spacial score (nSPS) is 12.4. The maximum atomic E-state index is 11.7. The first-order valence-corrected chi connectivity index (χ1v) is 10.2. The highest BCUT2D eigenvalue weighted by atomic mass is 16.5. The molecule has 0 aromatic heterocycles. The molecule has 0 bridgehead atoms. The van der Waals surface area contributed by atoms with Gasteiger partial charge in [-0.2, -0.15) is 0 Å². The van der Waals surface area contributed by atoms with E-state index in [0.717, 1.165) is 44.9 Å². The van der Waals surface area contributed by atoms with Gasteiger partial charge < -0.3 is 14.9 Å². The quantitative estimate of drug-likeness (QED) is 0.216. The van der Waals surface area contributed by atoms with Crippen LogP contribution < -0.4 is 0 Å². The molecule has 2 N–H and O–H groups in total. The molecule has 0 saturated heterocycles. The molecule has 0 rings (SSSR count). The highest BCUT2D eigenvalue weighted by Crippen LogP contribution is 2.09. The van der Waals surface area contributed by atoms with E-state index in [-0.39, 0.29) is 18.4 Å². The van der Waals surface area contributed by atoms with Gasteiger partial charge in [0.2, 0.25) is 0 Å². The fourth-order valence-electron chi connectivity index (χ4n) is 2.58. The molecule has 26 heavy (non-hydrogen) atoms. The molecule has 0 aliphatic heterocycles. The number of carbonyl (C=O) groups is 2. The Morgan fingerprint density at radius 3 is 2.23 bits per heavy atom. The summed E-state index contributed by atoms with van der Waals surface area (Å²) in [5.74, 6) is -0.106. The van der Waals surface area contributed by atoms with Gasteiger partial charge in [0.05, 0.1) is 6.61 Å². The van der Waals surface area contributed by atoms with Gasteiger partial charge in [0, 0.05) is 12.8 Å². The Balaban J connectivity index is 3.41. The zero-order valence-electron chi connectivity index (χ0n) is 16.5. The van der Waals surface area contributed by atoms with Crippen LogP contribution in [0.3, 0.4) is 0 Å². The van der Waals surface area contributed by atoms with E-state index >= 15 is 0 Å². The van der Waals surface area contributed by atoms with Crippen LogP contribution in [-0.4, -0.2) is 41.3 Å². The van der Waals surface area contributed by atoms with Gasteiger partial charge in [0.25, 0.3) is 0 Å². The van der Waals surface area contributed by atoms with E-state index in [4.69, 9.17) is 14.9 Å².